The van der Waals surface area contributed by atoms with Gasteiger partial charge in [-0.3, -0.25) is 0 Å². The van der Waals surface area contributed by atoms with E-state index in [9.17, 15) is 30.6 Å². The third-order valence-corrected chi connectivity index (χ3v) is 4.51. The van der Waals surface area contributed by atoms with Gasteiger partial charge in [0.15, 0.2) is 6.29 Å². The summed E-state index contributed by atoms with van der Waals surface area (Å²) in [6, 6.07) is 0. The fraction of sp³-hybridized carbons (Fsp3) is 1.00. The van der Waals surface area contributed by atoms with E-state index >= 15 is 0 Å². The van der Waals surface area contributed by atoms with Gasteiger partial charge in [0.1, 0.15) is 37.1 Å². The summed E-state index contributed by atoms with van der Waals surface area (Å²) < 4.78 is 15.8. The summed E-state index contributed by atoms with van der Waals surface area (Å²) in [7, 11) is 0. The van der Waals surface area contributed by atoms with Crippen molar-refractivity contribution < 1.29 is 44.8 Å². The minimum absolute atomic E-state index is 0.535. The monoisotopic (exact) mass is 344 g/mol. The average molecular weight is 345 g/mol. The molecule has 6 N–H and O–H groups in total. The first-order chi connectivity index (χ1) is 10.3. The molecule has 2 rings (SSSR count). The van der Waals surface area contributed by atoms with Crippen LogP contribution in [0.1, 0.15) is 6.92 Å². The van der Waals surface area contributed by atoms with E-state index in [1.165, 1.54) is 6.92 Å². The molecular formula is C12H21ClO9. The van der Waals surface area contributed by atoms with E-state index in [1.807, 2.05) is 0 Å². The van der Waals surface area contributed by atoms with Gasteiger partial charge in [0.05, 0.1) is 18.1 Å². The maximum atomic E-state index is 10.0. The molecule has 2 aliphatic heterocycles. The van der Waals surface area contributed by atoms with Crippen molar-refractivity contribution in [1.82, 2.24) is 0 Å². The highest BCUT2D eigenvalue weighted by molar-refractivity contribution is 6.21. The van der Waals surface area contributed by atoms with Gasteiger partial charge in [-0.15, -0.1) is 11.6 Å². The van der Waals surface area contributed by atoms with Crippen LogP contribution in [0.15, 0.2) is 0 Å². The SMILES string of the molecule is C[C@H]1O[C@](CO)(OC2O[C@H](CO)[C@H](Cl)[C@H](O)[C@H]2O)[C@@H](O)[C@@H]1O. The summed E-state index contributed by atoms with van der Waals surface area (Å²) in [6.45, 7) is 0.103. The fourth-order valence-electron chi connectivity index (χ4n) is 2.57. The van der Waals surface area contributed by atoms with E-state index in [0.717, 1.165) is 0 Å². The average Bonchev–Trinajstić information content (AvgIpc) is 2.72. The highest BCUT2D eigenvalue weighted by Crippen LogP contribution is 2.36. The first-order valence-electron chi connectivity index (χ1n) is 6.86. The molecule has 9 atom stereocenters. The standard InChI is InChI=1S/C12H21ClO9/c1-4-7(16)10(19)12(3-15,21-4)22-11-9(18)8(17)6(13)5(2-14)20-11/h4-11,14-19H,2-3H2,1H3/t4-,5-,6+,7-,8+,9-,10+,11?,12-/m1/s1. The highest BCUT2D eigenvalue weighted by atomic mass is 35.5. The maximum Gasteiger partial charge on any atom is 0.223 e. The third-order valence-electron chi connectivity index (χ3n) is 3.98. The molecule has 0 saturated carbocycles. The summed E-state index contributed by atoms with van der Waals surface area (Å²) in [5.74, 6) is -2.02. The van der Waals surface area contributed by atoms with Crippen LogP contribution in [0.2, 0.25) is 0 Å². The first kappa shape index (κ1) is 18.3. The van der Waals surface area contributed by atoms with Crippen molar-refractivity contribution >= 4 is 11.6 Å². The lowest BCUT2D eigenvalue weighted by Gasteiger charge is -2.43. The van der Waals surface area contributed by atoms with Crippen molar-refractivity contribution in [3.05, 3.63) is 0 Å². The van der Waals surface area contributed by atoms with Gasteiger partial charge in [-0.2, -0.15) is 0 Å². The molecule has 2 saturated heterocycles. The Morgan fingerprint density at radius 1 is 1.09 bits per heavy atom. The smallest absolute Gasteiger partial charge is 0.223 e. The molecule has 0 radical (unpaired) electrons. The van der Waals surface area contributed by atoms with Gasteiger partial charge in [-0.1, -0.05) is 0 Å². The van der Waals surface area contributed by atoms with E-state index in [1.54, 1.807) is 0 Å². The summed E-state index contributed by atoms with van der Waals surface area (Å²) in [5, 5.41) is 57.1. The number of alkyl halides is 1. The van der Waals surface area contributed by atoms with E-state index in [-0.39, 0.29) is 0 Å². The van der Waals surface area contributed by atoms with Crippen LogP contribution in [0.3, 0.4) is 0 Å². The number of aliphatic hydroxyl groups excluding tert-OH is 6. The van der Waals surface area contributed by atoms with Gasteiger partial charge in [-0.25, -0.2) is 0 Å². The van der Waals surface area contributed by atoms with Crippen LogP contribution >= 0.6 is 11.6 Å². The maximum absolute atomic E-state index is 10.0. The Kier molecular flexibility index (Phi) is 5.66. The number of rotatable bonds is 4. The molecule has 0 spiro atoms. The zero-order chi connectivity index (χ0) is 16.7. The molecule has 2 fully saturated rings. The van der Waals surface area contributed by atoms with Crippen LogP contribution in [0.4, 0.5) is 0 Å². The Morgan fingerprint density at radius 2 is 1.73 bits per heavy atom. The minimum atomic E-state index is -2.02. The molecule has 0 aliphatic carbocycles. The normalized spacial score (nSPS) is 52.9. The number of ether oxygens (including phenoxy) is 3. The molecule has 22 heavy (non-hydrogen) atoms. The lowest BCUT2D eigenvalue weighted by molar-refractivity contribution is -0.371. The third kappa shape index (κ3) is 2.98. The molecular weight excluding hydrogens is 324 g/mol. The topological polar surface area (TPSA) is 149 Å². The van der Waals surface area contributed by atoms with Crippen molar-refractivity contribution in [1.29, 1.82) is 0 Å². The van der Waals surface area contributed by atoms with Crippen molar-refractivity contribution in [2.75, 3.05) is 13.2 Å². The predicted octanol–water partition coefficient (Wildman–Crippen LogP) is -3.12. The molecule has 0 amide bonds. The second-order valence-electron chi connectivity index (χ2n) is 5.50. The summed E-state index contributed by atoms with van der Waals surface area (Å²) in [4.78, 5) is 0. The van der Waals surface area contributed by atoms with E-state index in [4.69, 9.17) is 25.8 Å². The van der Waals surface area contributed by atoms with Gasteiger partial charge < -0.3 is 44.8 Å². The summed E-state index contributed by atoms with van der Waals surface area (Å²) in [5.41, 5.74) is 0. The number of hydrogen-bond donors (Lipinski definition) is 6. The van der Waals surface area contributed by atoms with Crippen LogP contribution < -0.4 is 0 Å². The van der Waals surface area contributed by atoms with Gasteiger partial charge in [0.2, 0.25) is 5.79 Å². The van der Waals surface area contributed by atoms with Gasteiger partial charge in [-0.05, 0) is 6.92 Å². The van der Waals surface area contributed by atoms with Crippen LogP contribution in [0.25, 0.3) is 0 Å². The van der Waals surface area contributed by atoms with Crippen molar-refractivity contribution in [2.45, 2.75) is 61.0 Å². The zero-order valence-corrected chi connectivity index (χ0v) is 12.6. The largest absolute Gasteiger partial charge is 0.394 e. The van der Waals surface area contributed by atoms with Crippen molar-refractivity contribution in [2.24, 2.45) is 0 Å². The van der Waals surface area contributed by atoms with Crippen LogP contribution in [0.5, 0.6) is 0 Å². The lowest BCUT2D eigenvalue weighted by atomic mass is 10.0. The van der Waals surface area contributed by atoms with Gasteiger partial charge >= 0.3 is 0 Å². The molecule has 9 nitrogen and oxygen atoms in total. The number of aliphatic hydroxyl groups is 6. The van der Waals surface area contributed by atoms with Crippen LogP contribution in [0, 0.1) is 0 Å². The summed E-state index contributed by atoms with van der Waals surface area (Å²) in [6.07, 6.45) is -9.36. The molecule has 0 aromatic rings. The molecule has 130 valence electrons. The minimum Gasteiger partial charge on any atom is -0.394 e. The Morgan fingerprint density at radius 3 is 2.18 bits per heavy atom. The summed E-state index contributed by atoms with van der Waals surface area (Å²) >= 11 is 5.83. The molecule has 0 bridgehead atoms. The van der Waals surface area contributed by atoms with Crippen LogP contribution in [-0.4, -0.2) is 97.9 Å². The van der Waals surface area contributed by atoms with E-state index in [0.29, 0.717) is 0 Å². The number of halogens is 1. The Hall–Kier alpha value is -0.0700. The quantitative estimate of drug-likeness (QED) is 0.291. The van der Waals surface area contributed by atoms with Crippen molar-refractivity contribution in [3.63, 3.8) is 0 Å². The molecule has 10 heteroatoms. The Balaban J connectivity index is 2.17. The number of hydrogen-bond acceptors (Lipinski definition) is 9. The molecule has 0 aromatic heterocycles. The van der Waals surface area contributed by atoms with E-state index < -0.39 is 67.3 Å². The first-order valence-corrected chi connectivity index (χ1v) is 7.30. The second kappa shape index (κ2) is 6.81. The molecule has 0 aromatic carbocycles. The Bertz CT molecular complexity index is 384. The van der Waals surface area contributed by atoms with Gasteiger partial charge in [0, 0.05) is 0 Å². The zero-order valence-electron chi connectivity index (χ0n) is 11.8. The Labute approximate surface area is 131 Å². The van der Waals surface area contributed by atoms with Crippen LogP contribution in [-0.2, 0) is 14.2 Å². The lowest BCUT2D eigenvalue weighted by Crippen LogP contribution is -2.61. The molecule has 2 heterocycles. The van der Waals surface area contributed by atoms with E-state index in [2.05, 4.69) is 0 Å². The highest BCUT2D eigenvalue weighted by Gasteiger charge is 2.57. The van der Waals surface area contributed by atoms with Gasteiger partial charge in [0.25, 0.3) is 0 Å². The molecule has 2 aliphatic rings. The predicted molar refractivity (Wildman–Crippen MR) is 70.9 cm³/mol. The fourth-order valence-corrected chi connectivity index (χ4v) is 2.86. The molecule has 1 unspecified atom stereocenters. The second-order valence-corrected chi connectivity index (χ2v) is 6.00. The van der Waals surface area contributed by atoms with Crippen molar-refractivity contribution in [3.8, 4) is 0 Å².